The van der Waals surface area contributed by atoms with Gasteiger partial charge >= 0.3 is 0 Å². The highest BCUT2D eigenvalue weighted by Crippen LogP contribution is 2.25. The number of rotatable bonds is 4. The Labute approximate surface area is 177 Å². The molecule has 0 amide bonds. The summed E-state index contributed by atoms with van der Waals surface area (Å²) in [4.78, 5) is 13.9. The zero-order valence-electron chi connectivity index (χ0n) is 17.5. The van der Waals surface area contributed by atoms with E-state index in [9.17, 15) is 12.8 Å². The van der Waals surface area contributed by atoms with Crippen molar-refractivity contribution in [2.45, 2.75) is 38.0 Å². The lowest BCUT2D eigenvalue weighted by Crippen LogP contribution is -2.49. The van der Waals surface area contributed by atoms with Crippen LogP contribution in [0.4, 0.5) is 16.2 Å². The molecule has 30 heavy (non-hydrogen) atoms. The van der Waals surface area contributed by atoms with Crippen LogP contribution in [0.25, 0.3) is 0 Å². The number of hydrogen-bond acceptors (Lipinski definition) is 6. The maximum absolute atomic E-state index is 13.4. The first-order chi connectivity index (χ1) is 14.3. The number of hydrogen-bond donors (Lipinski definition) is 0. The first kappa shape index (κ1) is 21.0. The standard InChI is InChI=1S/C21H28FN5O2S/c1-16-14-18(22)6-7-19(16)30(28,29)27-12-10-25(11-13-27)20-15-17(2)23-21(24-20)26-8-4-3-5-9-26/h6-7,14-15H,3-5,8-13H2,1-2H3. The van der Waals surface area contributed by atoms with E-state index in [4.69, 9.17) is 4.98 Å². The van der Waals surface area contributed by atoms with E-state index in [1.54, 1.807) is 6.92 Å². The van der Waals surface area contributed by atoms with E-state index in [0.29, 0.717) is 31.7 Å². The molecule has 162 valence electrons. The second-order valence-electron chi connectivity index (χ2n) is 8.02. The van der Waals surface area contributed by atoms with Crippen molar-refractivity contribution in [1.82, 2.24) is 14.3 Å². The quantitative estimate of drug-likeness (QED) is 0.739. The van der Waals surface area contributed by atoms with Crippen molar-refractivity contribution < 1.29 is 12.8 Å². The van der Waals surface area contributed by atoms with Crippen LogP contribution in [0, 0.1) is 19.7 Å². The lowest BCUT2D eigenvalue weighted by molar-refractivity contribution is 0.383. The third-order valence-corrected chi connectivity index (χ3v) is 7.84. The van der Waals surface area contributed by atoms with Gasteiger partial charge in [0.05, 0.1) is 4.90 Å². The number of sulfonamides is 1. The molecule has 2 fully saturated rings. The van der Waals surface area contributed by atoms with Gasteiger partial charge in [-0.2, -0.15) is 9.29 Å². The zero-order chi connectivity index (χ0) is 21.3. The Morgan fingerprint density at radius 3 is 2.23 bits per heavy atom. The van der Waals surface area contributed by atoms with E-state index in [0.717, 1.165) is 43.4 Å². The third-order valence-electron chi connectivity index (χ3n) is 5.79. The summed E-state index contributed by atoms with van der Waals surface area (Å²) >= 11 is 0. The highest BCUT2D eigenvalue weighted by molar-refractivity contribution is 7.89. The Hall–Kier alpha value is -2.26. The molecule has 0 radical (unpaired) electrons. The number of benzene rings is 1. The van der Waals surface area contributed by atoms with Gasteiger partial charge in [0.15, 0.2) is 0 Å². The molecule has 4 rings (SSSR count). The summed E-state index contributed by atoms with van der Waals surface area (Å²) in [5.74, 6) is 1.18. The lowest BCUT2D eigenvalue weighted by Gasteiger charge is -2.35. The minimum absolute atomic E-state index is 0.169. The number of nitrogens with zero attached hydrogens (tertiary/aromatic N) is 5. The van der Waals surface area contributed by atoms with Crippen molar-refractivity contribution in [3.63, 3.8) is 0 Å². The highest BCUT2D eigenvalue weighted by atomic mass is 32.2. The van der Waals surface area contributed by atoms with E-state index in [1.165, 1.54) is 28.9 Å². The molecule has 2 aliphatic rings. The SMILES string of the molecule is Cc1cc(N2CCN(S(=O)(=O)c3ccc(F)cc3C)CC2)nc(N2CCCCC2)n1. The van der Waals surface area contributed by atoms with Crippen molar-refractivity contribution in [2.24, 2.45) is 0 Å². The van der Waals surface area contributed by atoms with Gasteiger partial charge in [0.25, 0.3) is 0 Å². The molecule has 0 saturated carbocycles. The van der Waals surface area contributed by atoms with Crippen LogP contribution in [-0.2, 0) is 10.0 Å². The Bertz CT molecular complexity index is 1020. The predicted molar refractivity (Wildman–Crippen MR) is 115 cm³/mol. The molecule has 0 unspecified atom stereocenters. The summed E-state index contributed by atoms with van der Waals surface area (Å²) in [5, 5.41) is 0. The maximum atomic E-state index is 13.4. The Morgan fingerprint density at radius 2 is 1.57 bits per heavy atom. The van der Waals surface area contributed by atoms with Gasteiger partial charge in [-0.25, -0.2) is 17.8 Å². The highest BCUT2D eigenvalue weighted by Gasteiger charge is 2.30. The van der Waals surface area contributed by atoms with Crippen LogP contribution in [0.15, 0.2) is 29.2 Å². The normalized spacial score (nSPS) is 18.6. The van der Waals surface area contributed by atoms with Gasteiger partial charge < -0.3 is 9.80 Å². The number of anilines is 2. The minimum atomic E-state index is -3.65. The van der Waals surface area contributed by atoms with Gasteiger partial charge in [-0.3, -0.25) is 0 Å². The molecule has 0 N–H and O–H groups in total. The summed E-state index contributed by atoms with van der Waals surface area (Å²) in [6.45, 7) is 7.37. The van der Waals surface area contributed by atoms with E-state index in [2.05, 4.69) is 14.8 Å². The molecule has 3 heterocycles. The molecular weight excluding hydrogens is 405 g/mol. The van der Waals surface area contributed by atoms with Crippen LogP contribution < -0.4 is 9.80 Å². The van der Waals surface area contributed by atoms with Crippen LogP contribution in [0.2, 0.25) is 0 Å². The van der Waals surface area contributed by atoms with Gasteiger partial charge in [0.1, 0.15) is 11.6 Å². The maximum Gasteiger partial charge on any atom is 0.243 e. The fourth-order valence-electron chi connectivity index (χ4n) is 4.13. The van der Waals surface area contributed by atoms with Gasteiger partial charge in [-0.15, -0.1) is 0 Å². The summed E-state index contributed by atoms with van der Waals surface area (Å²) < 4.78 is 40.9. The number of piperidine rings is 1. The van der Waals surface area contributed by atoms with E-state index >= 15 is 0 Å². The molecular formula is C21H28FN5O2S. The molecule has 2 saturated heterocycles. The van der Waals surface area contributed by atoms with E-state index in [-0.39, 0.29) is 4.90 Å². The molecule has 0 aliphatic carbocycles. The second kappa shape index (κ2) is 8.47. The average molecular weight is 434 g/mol. The summed E-state index contributed by atoms with van der Waals surface area (Å²) in [5.41, 5.74) is 1.34. The average Bonchev–Trinajstić information content (AvgIpc) is 2.74. The molecule has 2 aromatic rings. The number of piperazine rings is 1. The molecule has 0 bridgehead atoms. The van der Waals surface area contributed by atoms with Gasteiger partial charge in [-0.05, 0) is 56.9 Å². The minimum Gasteiger partial charge on any atom is -0.354 e. The zero-order valence-corrected chi connectivity index (χ0v) is 18.3. The van der Waals surface area contributed by atoms with Crippen LogP contribution in [-0.4, -0.2) is 62.0 Å². The number of halogens is 1. The molecule has 9 heteroatoms. The molecule has 1 aromatic carbocycles. The van der Waals surface area contributed by atoms with Crippen molar-refractivity contribution in [3.8, 4) is 0 Å². The Balaban J connectivity index is 1.48. The van der Waals surface area contributed by atoms with Gasteiger partial charge in [0.2, 0.25) is 16.0 Å². The molecule has 1 aromatic heterocycles. The lowest BCUT2D eigenvalue weighted by atomic mass is 10.1. The van der Waals surface area contributed by atoms with Crippen molar-refractivity contribution in [2.75, 3.05) is 49.1 Å². The van der Waals surface area contributed by atoms with Crippen LogP contribution >= 0.6 is 0 Å². The Kier molecular flexibility index (Phi) is 5.92. The van der Waals surface area contributed by atoms with Crippen molar-refractivity contribution in [1.29, 1.82) is 0 Å². The molecule has 7 nitrogen and oxygen atoms in total. The fourth-order valence-corrected chi connectivity index (χ4v) is 5.76. The smallest absolute Gasteiger partial charge is 0.243 e. The molecule has 0 spiro atoms. The third kappa shape index (κ3) is 4.27. The van der Waals surface area contributed by atoms with Crippen LogP contribution in [0.5, 0.6) is 0 Å². The fraction of sp³-hybridized carbons (Fsp3) is 0.524. The first-order valence-electron chi connectivity index (χ1n) is 10.5. The van der Waals surface area contributed by atoms with Crippen LogP contribution in [0.1, 0.15) is 30.5 Å². The van der Waals surface area contributed by atoms with Crippen molar-refractivity contribution >= 4 is 21.8 Å². The second-order valence-corrected chi connectivity index (χ2v) is 9.92. The summed E-state index contributed by atoms with van der Waals surface area (Å²) in [6.07, 6.45) is 3.57. The summed E-state index contributed by atoms with van der Waals surface area (Å²) in [7, 11) is -3.65. The van der Waals surface area contributed by atoms with E-state index in [1.807, 2.05) is 13.0 Å². The van der Waals surface area contributed by atoms with Gasteiger partial charge in [0, 0.05) is 51.0 Å². The topological polar surface area (TPSA) is 69.6 Å². The van der Waals surface area contributed by atoms with E-state index < -0.39 is 15.8 Å². The van der Waals surface area contributed by atoms with Crippen molar-refractivity contribution in [3.05, 3.63) is 41.3 Å². The van der Waals surface area contributed by atoms with Gasteiger partial charge in [-0.1, -0.05) is 0 Å². The molecule has 2 aliphatic heterocycles. The van der Waals surface area contributed by atoms with Crippen LogP contribution in [0.3, 0.4) is 0 Å². The largest absolute Gasteiger partial charge is 0.354 e. The monoisotopic (exact) mass is 433 g/mol. The summed E-state index contributed by atoms with van der Waals surface area (Å²) in [6, 6.07) is 5.77. The first-order valence-corrected chi connectivity index (χ1v) is 11.9. The predicted octanol–water partition coefficient (Wildman–Crippen LogP) is 2.73. The Morgan fingerprint density at radius 1 is 0.867 bits per heavy atom. The number of aromatic nitrogens is 2. The molecule has 0 atom stereocenters. The number of aryl methyl sites for hydroxylation is 2.